The third kappa shape index (κ3) is 11.3. The van der Waals surface area contributed by atoms with Crippen molar-refractivity contribution in [3.63, 3.8) is 0 Å². The Balaban J connectivity index is 0.000000215. The lowest BCUT2D eigenvalue weighted by Gasteiger charge is -2.21. The number of aromatic nitrogens is 4. The molecule has 0 fully saturated rings. The number of nitrogens with zero attached hydrogens (tertiary/aromatic N) is 5. The molecule has 0 unspecified atom stereocenters. The van der Waals surface area contributed by atoms with Crippen LogP contribution in [0.15, 0.2) is 46.5 Å². The number of nitrogens with two attached hydrogens (primary N) is 1. The van der Waals surface area contributed by atoms with Crippen molar-refractivity contribution in [1.82, 2.24) is 24.3 Å². The average Bonchev–Trinajstić information content (AvgIpc) is 3.79. The molecule has 16 nitrogen and oxygen atoms in total. The number of anilines is 1. The second-order valence-corrected chi connectivity index (χ2v) is 18.8. The predicted molar refractivity (Wildman–Crippen MR) is 221 cm³/mol. The predicted octanol–water partition coefficient (Wildman–Crippen LogP) is 7.84. The van der Waals surface area contributed by atoms with Crippen LogP contribution in [0.5, 0.6) is 17.5 Å². The number of rotatable bonds is 9. The molecule has 6 rings (SSSR count). The van der Waals surface area contributed by atoms with Gasteiger partial charge < -0.3 is 19.5 Å². The highest BCUT2D eigenvalue weighted by atomic mass is 35.5. The Morgan fingerprint density at radius 1 is 0.776 bits per heavy atom. The molecule has 2 aromatic heterocycles. The van der Waals surface area contributed by atoms with Gasteiger partial charge in [-0.1, -0.05) is 78.6 Å². The molecule has 0 atom stereocenters. The maximum atomic E-state index is 12.7. The minimum Gasteiger partial charge on any atom is -0.477 e. The number of urea groups is 1. The molecule has 4 heterocycles. The van der Waals surface area contributed by atoms with Crippen LogP contribution in [0.4, 0.5) is 10.5 Å². The minimum absolute atomic E-state index is 0.0350. The zero-order valence-corrected chi connectivity index (χ0v) is 36.8. The molecule has 4 N–H and O–H groups in total. The first-order valence-electron chi connectivity index (χ1n) is 18.6. The van der Waals surface area contributed by atoms with E-state index in [1.165, 1.54) is 21.8 Å². The quantitative estimate of drug-likeness (QED) is 0.137. The fourth-order valence-electron chi connectivity index (χ4n) is 6.15. The van der Waals surface area contributed by atoms with Crippen LogP contribution < -0.4 is 29.4 Å². The first kappa shape index (κ1) is 46.2. The van der Waals surface area contributed by atoms with Crippen LogP contribution in [0.3, 0.4) is 0 Å². The molecule has 316 valence electrons. The smallest absolute Gasteiger partial charge is 0.333 e. The monoisotopic (exact) mass is 880 g/mol. The molecule has 2 aliphatic heterocycles. The van der Waals surface area contributed by atoms with E-state index < -0.39 is 26.1 Å². The summed E-state index contributed by atoms with van der Waals surface area (Å²) in [6, 6.07) is 6.44. The Morgan fingerprint density at radius 3 is 1.60 bits per heavy atom. The molecule has 2 aliphatic rings. The number of amides is 2. The van der Waals surface area contributed by atoms with E-state index >= 15 is 0 Å². The van der Waals surface area contributed by atoms with Gasteiger partial charge in [0.05, 0.1) is 25.6 Å². The van der Waals surface area contributed by atoms with Crippen molar-refractivity contribution in [1.29, 1.82) is 5.26 Å². The Hall–Kier alpha value is -4.54. The summed E-state index contributed by atoms with van der Waals surface area (Å²) in [5.74, 6) is 1.78. The highest BCUT2D eigenvalue weighted by Gasteiger charge is 2.29. The van der Waals surface area contributed by atoms with Crippen LogP contribution in [0.25, 0.3) is 0 Å². The minimum atomic E-state index is -4.15. The standard InChI is InChI=1S/C19H25ClN4O4S.C13H16ClNO.C6H9N3O3S/c1-11(2)14-8-13(20)9-15(12(3)4)17(14)22-19(25)23-29(26,27)16-10-21-24-6-5-7-28-18(16)24;1-8(2)11-5-10(14)6-12(9(3)4)13(11)16-7-15;7-13(10,11)5-4-8-9-2-1-3-12-6(5)9/h8-12H,5-7H2,1-4H3,(H2,22,23,25);5-6,8-9H,1-4H3;4H,1-3H2,(H2,7,10,11). The highest BCUT2D eigenvalue weighted by molar-refractivity contribution is 7.90. The molecule has 0 aliphatic carbocycles. The van der Waals surface area contributed by atoms with E-state index in [1.807, 2.05) is 39.8 Å². The number of carbonyl (C=O) groups excluding carboxylic acids is 1. The van der Waals surface area contributed by atoms with E-state index in [-0.39, 0.29) is 45.2 Å². The number of fused-ring (bicyclic) bond motifs is 2. The number of hydrogen-bond acceptors (Lipinski definition) is 11. The SMILES string of the molecule is CC(C)c1cc(Cl)cc(C(C)C)c1NC(=O)NS(=O)(=O)c1cnn2c1OCCC2.CC(C)c1cc(Cl)cc(C(C)C)c1OC#N.NS(=O)(=O)c1cnn2c1OCCC2. The van der Waals surface area contributed by atoms with Crippen molar-refractivity contribution in [2.24, 2.45) is 5.14 Å². The third-order valence-electron chi connectivity index (χ3n) is 9.00. The van der Waals surface area contributed by atoms with Crippen LogP contribution in [-0.4, -0.2) is 55.6 Å². The molecule has 20 heteroatoms. The van der Waals surface area contributed by atoms with Gasteiger partial charge in [-0.2, -0.15) is 10.2 Å². The second kappa shape index (κ2) is 19.5. The van der Waals surface area contributed by atoms with Crippen LogP contribution in [0.2, 0.25) is 10.0 Å². The molecule has 0 saturated heterocycles. The van der Waals surface area contributed by atoms with Gasteiger partial charge in [0.2, 0.25) is 21.8 Å². The number of sulfonamides is 2. The van der Waals surface area contributed by atoms with Gasteiger partial charge in [0.25, 0.3) is 16.3 Å². The lowest BCUT2D eigenvalue weighted by Crippen LogP contribution is -2.35. The molecule has 58 heavy (non-hydrogen) atoms. The zero-order valence-electron chi connectivity index (χ0n) is 33.7. The summed E-state index contributed by atoms with van der Waals surface area (Å²) in [5, 5.41) is 25.5. The van der Waals surface area contributed by atoms with E-state index in [1.54, 1.807) is 18.4 Å². The molecule has 0 saturated carbocycles. The van der Waals surface area contributed by atoms with Gasteiger partial charge in [-0.25, -0.2) is 40.9 Å². The van der Waals surface area contributed by atoms with Crippen LogP contribution in [0, 0.1) is 11.5 Å². The normalized spacial score (nSPS) is 13.6. The highest BCUT2D eigenvalue weighted by Crippen LogP contribution is 2.38. The van der Waals surface area contributed by atoms with Crippen LogP contribution in [0.1, 0.15) is 114 Å². The fraction of sp³-hybridized carbons (Fsp3) is 0.474. The number of nitriles is 1. The number of carbonyl (C=O) groups is 1. The fourth-order valence-corrected chi connectivity index (χ4v) is 8.21. The summed E-state index contributed by atoms with van der Waals surface area (Å²) in [7, 11) is -7.86. The number of benzene rings is 2. The van der Waals surface area contributed by atoms with Gasteiger partial charge in [-0.3, -0.25) is 0 Å². The number of aryl methyl sites for hydroxylation is 2. The van der Waals surface area contributed by atoms with Crippen molar-refractivity contribution in [3.05, 3.63) is 69.0 Å². The molecular formula is C38H50Cl2N8O8S2. The van der Waals surface area contributed by atoms with Gasteiger partial charge in [0.15, 0.2) is 9.79 Å². The molecule has 0 bridgehead atoms. The maximum absolute atomic E-state index is 12.7. The van der Waals surface area contributed by atoms with Gasteiger partial charge in [-0.05, 0) is 59.1 Å². The van der Waals surface area contributed by atoms with Gasteiger partial charge in [-0.15, -0.1) is 5.26 Å². The summed E-state index contributed by atoms with van der Waals surface area (Å²) < 4.78 is 68.2. The van der Waals surface area contributed by atoms with Gasteiger partial charge in [0, 0.05) is 52.8 Å². The Labute approximate surface area is 350 Å². The summed E-state index contributed by atoms with van der Waals surface area (Å²) >= 11 is 12.3. The number of primary sulfonamides is 1. The lowest BCUT2D eigenvalue weighted by molar-refractivity contribution is 0.224. The van der Waals surface area contributed by atoms with Crippen molar-refractivity contribution in [2.45, 2.75) is 115 Å². The number of hydrogen-bond donors (Lipinski definition) is 3. The van der Waals surface area contributed by atoms with Gasteiger partial charge in [0.1, 0.15) is 5.75 Å². The van der Waals surface area contributed by atoms with E-state index in [9.17, 15) is 21.6 Å². The average molecular weight is 882 g/mol. The van der Waals surface area contributed by atoms with Crippen molar-refractivity contribution < 1.29 is 35.8 Å². The van der Waals surface area contributed by atoms with E-state index in [2.05, 4.69) is 47.9 Å². The lowest BCUT2D eigenvalue weighted by atomic mass is 9.92. The molecule has 0 radical (unpaired) electrons. The molecule has 2 aromatic carbocycles. The zero-order chi connectivity index (χ0) is 43.1. The molecule has 0 spiro atoms. The summed E-state index contributed by atoms with van der Waals surface area (Å²) in [6.45, 7) is 18.3. The molecule has 2 amide bonds. The van der Waals surface area contributed by atoms with Gasteiger partial charge >= 0.3 is 6.03 Å². The van der Waals surface area contributed by atoms with Crippen LogP contribution in [-0.2, 0) is 33.1 Å². The number of halogens is 2. The first-order valence-corrected chi connectivity index (χ1v) is 22.4. The second-order valence-electron chi connectivity index (χ2n) is 14.8. The summed E-state index contributed by atoms with van der Waals surface area (Å²) in [6.07, 6.45) is 5.74. The number of nitrogens with one attached hydrogen (secondary N) is 2. The van der Waals surface area contributed by atoms with E-state index in [0.29, 0.717) is 47.8 Å². The molecule has 4 aromatic rings. The Bertz CT molecular complexity index is 2310. The van der Waals surface area contributed by atoms with Crippen molar-refractivity contribution in [2.75, 3.05) is 18.5 Å². The topological polar surface area (TPSA) is 223 Å². The summed E-state index contributed by atoms with van der Waals surface area (Å²) in [5.41, 5.74) is 4.20. The van der Waals surface area contributed by atoms with E-state index in [0.717, 1.165) is 35.1 Å². The first-order chi connectivity index (χ1) is 27.2. The Kier molecular flexibility index (Phi) is 15.5. The Morgan fingerprint density at radius 2 is 1.19 bits per heavy atom. The number of ether oxygens (including phenoxy) is 3. The maximum Gasteiger partial charge on any atom is 0.333 e. The van der Waals surface area contributed by atoms with E-state index in [4.69, 9.17) is 47.8 Å². The summed E-state index contributed by atoms with van der Waals surface area (Å²) in [4.78, 5) is 12.4. The third-order valence-corrected chi connectivity index (χ3v) is 11.6. The van der Waals surface area contributed by atoms with Crippen molar-refractivity contribution >= 4 is 55.0 Å². The largest absolute Gasteiger partial charge is 0.477 e. The molecular weight excluding hydrogens is 832 g/mol. The van der Waals surface area contributed by atoms with Crippen LogP contribution >= 0.6 is 23.2 Å². The van der Waals surface area contributed by atoms with Crippen molar-refractivity contribution in [3.8, 4) is 23.8 Å².